The van der Waals surface area contributed by atoms with E-state index in [1.807, 2.05) is 6.92 Å². The van der Waals surface area contributed by atoms with Crippen LogP contribution < -0.4 is 15.1 Å². The fourth-order valence-corrected chi connectivity index (χ4v) is 3.21. The molecular formula is C23H22O7. The number of ether oxygens (including phenoxy) is 3. The predicted molar refractivity (Wildman–Crippen MR) is 110 cm³/mol. The van der Waals surface area contributed by atoms with E-state index >= 15 is 0 Å². The first kappa shape index (κ1) is 21.1. The number of methoxy groups -OCH3 is 1. The summed E-state index contributed by atoms with van der Waals surface area (Å²) in [6.07, 6.45) is -0.241. The Hall–Kier alpha value is -3.61. The lowest BCUT2D eigenvalue weighted by atomic mass is 10.0. The number of para-hydroxylation sites is 1. The molecule has 0 aliphatic carbocycles. The van der Waals surface area contributed by atoms with Gasteiger partial charge in [-0.2, -0.15) is 0 Å². The molecule has 0 aliphatic rings. The molecule has 0 saturated heterocycles. The summed E-state index contributed by atoms with van der Waals surface area (Å²) in [4.78, 5) is 37.0. The van der Waals surface area contributed by atoms with Crippen LogP contribution in [0.15, 0.2) is 45.6 Å². The molecule has 156 valence electrons. The molecule has 0 radical (unpaired) electrons. The highest BCUT2D eigenvalue weighted by atomic mass is 16.5. The van der Waals surface area contributed by atoms with Crippen molar-refractivity contribution in [2.45, 2.75) is 27.2 Å². The molecule has 3 rings (SSSR count). The van der Waals surface area contributed by atoms with Gasteiger partial charge in [-0.3, -0.25) is 4.79 Å². The Morgan fingerprint density at radius 2 is 1.80 bits per heavy atom. The summed E-state index contributed by atoms with van der Waals surface area (Å²) in [6, 6.07) is 10.1. The summed E-state index contributed by atoms with van der Waals surface area (Å²) < 4.78 is 21.3. The zero-order valence-electron chi connectivity index (χ0n) is 17.2. The average molecular weight is 410 g/mol. The van der Waals surface area contributed by atoms with Crippen LogP contribution in [0.3, 0.4) is 0 Å². The highest BCUT2D eigenvalue weighted by molar-refractivity contribution is 5.97. The van der Waals surface area contributed by atoms with Crippen molar-refractivity contribution in [2.24, 2.45) is 0 Å². The standard InChI is InChI=1S/C23H22O7/c1-5-28-17-9-7-6-8-15(17)22(25)29-18-10-13(2)11-19-21(18)14(3)16(23(26)30-19)12-20(24)27-4/h6-11H,5,12H2,1-4H3. The van der Waals surface area contributed by atoms with Crippen molar-refractivity contribution < 1.29 is 28.2 Å². The van der Waals surface area contributed by atoms with Gasteiger partial charge in [-0.05, 0) is 56.2 Å². The maximum absolute atomic E-state index is 12.9. The first-order valence-electron chi connectivity index (χ1n) is 9.43. The zero-order valence-corrected chi connectivity index (χ0v) is 17.2. The highest BCUT2D eigenvalue weighted by Crippen LogP contribution is 2.32. The molecule has 0 fully saturated rings. The van der Waals surface area contributed by atoms with Gasteiger partial charge in [-0.1, -0.05) is 12.1 Å². The Bertz CT molecular complexity index is 1170. The number of rotatable bonds is 6. The highest BCUT2D eigenvalue weighted by Gasteiger charge is 2.21. The van der Waals surface area contributed by atoms with Gasteiger partial charge in [0.25, 0.3) is 0 Å². The fourth-order valence-electron chi connectivity index (χ4n) is 3.21. The lowest BCUT2D eigenvalue weighted by molar-refractivity contribution is -0.139. The van der Waals surface area contributed by atoms with E-state index in [2.05, 4.69) is 4.74 Å². The Morgan fingerprint density at radius 3 is 2.50 bits per heavy atom. The van der Waals surface area contributed by atoms with Gasteiger partial charge >= 0.3 is 17.6 Å². The summed E-state index contributed by atoms with van der Waals surface area (Å²) in [7, 11) is 1.24. The number of fused-ring (bicyclic) bond motifs is 1. The molecule has 0 atom stereocenters. The van der Waals surface area contributed by atoms with E-state index in [1.165, 1.54) is 7.11 Å². The molecule has 7 nitrogen and oxygen atoms in total. The molecule has 0 spiro atoms. The molecular weight excluding hydrogens is 388 g/mol. The minimum atomic E-state index is -0.630. The van der Waals surface area contributed by atoms with Gasteiger partial charge in [0.1, 0.15) is 22.6 Å². The maximum atomic E-state index is 12.9. The predicted octanol–water partition coefficient (Wildman–Crippen LogP) is 3.74. The molecule has 0 N–H and O–H groups in total. The van der Waals surface area contributed by atoms with Gasteiger partial charge in [-0.25, -0.2) is 9.59 Å². The first-order chi connectivity index (χ1) is 14.3. The van der Waals surface area contributed by atoms with Crippen LogP contribution in [0, 0.1) is 13.8 Å². The number of esters is 2. The molecule has 0 unspecified atom stereocenters. The summed E-state index contributed by atoms with van der Waals surface area (Å²) in [5.74, 6) is -0.530. The van der Waals surface area contributed by atoms with Crippen LogP contribution in [0.5, 0.6) is 11.5 Å². The smallest absolute Gasteiger partial charge is 0.347 e. The number of aryl methyl sites for hydroxylation is 2. The molecule has 0 aliphatic heterocycles. The van der Waals surface area contributed by atoms with Gasteiger partial charge in [0.2, 0.25) is 0 Å². The molecule has 0 saturated carbocycles. The molecule has 0 bridgehead atoms. The van der Waals surface area contributed by atoms with Crippen LogP contribution in [0.25, 0.3) is 11.0 Å². The molecule has 30 heavy (non-hydrogen) atoms. The van der Waals surface area contributed by atoms with Crippen molar-refractivity contribution in [1.82, 2.24) is 0 Å². The number of carbonyl (C=O) groups is 2. The van der Waals surface area contributed by atoms with E-state index in [0.29, 0.717) is 23.3 Å². The maximum Gasteiger partial charge on any atom is 0.347 e. The third-order valence-electron chi connectivity index (χ3n) is 4.65. The van der Waals surface area contributed by atoms with Crippen molar-refractivity contribution in [3.05, 3.63) is 69.1 Å². The quantitative estimate of drug-likeness (QED) is 0.347. The molecule has 1 heterocycles. The van der Waals surface area contributed by atoms with E-state index < -0.39 is 17.6 Å². The van der Waals surface area contributed by atoms with E-state index in [0.717, 1.165) is 5.56 Å². The van der Waals surface area contributed by atoms with Crippen molar-refractivity contribution in [3.8, 4) is 11.5 Å². The summed E-state index contributed by atoms with van der Waals surface area (Å²) >= 11 is 0. The normalized spacial score (nSPS) is 10.7. The fraction of sp³-hybridized carbons (Fsp3) is 0.261. The SMILES string of the molecule is CCOc1ccccc1C(=O)Oc1cc(C)cc2oc(=O)c(CC(=O)OC)c(C)c12. The van der Waals surface area contributed by atoms with E-state index in [9.17, 15) is 14.4 Å². The van der Waals surface area contributed by atoms with Gasteiger partial charge in [0, 0.05) is 0 Å². The number of hydrogen-bond donors (Lipinski definition) is 0. The zero-order chi connectivity index (χ0) is 21.8. The lowest BCUT2D eigenvalue weighted by Gasteiger charge is -2.14. The topological polar surface area (TPSA) is 92.0 Å². The minimum Gasteiger partial charge on any atom is -0.493 e. The molecule has 0 amide bonds. The summed E-state index contributed by atoms with van der Waals surface area (Å²) in [6.45, 7) is 5.70. The molecule has 1 aromatic heterocycles. The van der Waals surface area contributed by atoms with Crippen molar-refractivity contribution in [3.63, 3.8) is 0 Å². The van der Waals surface area contributed by atoms with E-state index in [1.54, 1.807) is 50.2 Å². The Balaban J connectivity index is 2.12. The third-order valence-corrected chi connectivity index (χ3v) is 4.65. The molecule has 3 aromatic rings. The van der Waals surface area contributed by atoms with E-state index in [4.69, 9.17) is 13.9 Å². The van der Waals surface area contributed by atoms with Crippen LogP contribution in [-0.4, -0.2) is 25.7 Å². The second-order valence-electron chi connectivity index (χ2n) is 6.70. The molecule has 7 heteroatoms. The minimum absolute atomic E-state index is 0.158. The van der Waals surface area contributed by atoms with Crippen LogP contribution in [0.2, 0.25) is 0 Å². The Morgan fingerprint density at radius 1 is 1.07 bits per heavy atom. The van der Waals surface area contributed by atoms with Crippen LogP contribution in [-0.2, 0) is 16.0 Å². The van der Waals surface area contributed by atoms with Crippen LogP contribution in [0.1, 0.15) is 34.0 Å². The number of carbonyl (C=O) groups excluding carboxylic acids is 2. The Labute approximate surface area is 173 Å². The van der Waals surface area contributed by atoms with E-state index in [-0.39, 0.29) is 28.9 Å². The number of benzene rings is 2. The van der Waals surface area contributed by atoms with Gasteiger partial charge in [-0.15, -0.1) is 0 Å². The van der Waals surface area contributed by atoms with Crippen LogP contribution in [0.4, 0.5) is 0 Å². The van der Waals surface area contributed by atoms with Gasteiger partial charge in [0.05, 0.1) is 31.1 Å². The van der Waals surface area contributed by atoms with Crippen molar-refractivity contribution in [1.29, 1.82) is 0 Å². The third kappa shape index (κ3) is 4.20. The second kappa shape index (κ2) is 8.82. The van der Waals surface area contributed by atoms with Crippen LogP contribution >= 0.6 is 0 Å². The Kier molecular flexibility index (Phi) is 6.20. The largest absolute Gasteiger partial charge is 0.493 e. The summed E-state index contributed by atoms with van der Waals surface area (Å²) in [5.41, 5.74) is 1.31. The van der Waals surface area contributed by atoms with Crippen molar-refractivity contribution >= 4 is 22.9 Å². The van der Waals surface area contributed by atoms with Gasteiger partial charge < -0.3 is 18.6 Å². The second-order valence-corrected chi connectivity index (χ2v) is 6.70. The first-order valence-corrected chi connectivity index (χ1v) is 9.43. The average Bonchev–Trinajstić information content (AvgIpc) is 2.70. The summed E-state index contributed by atoms with van der Waals surface area (Å²) in [5, 5.41) is 0.446. The van der Waals surface area contributed by atoms with Gasteiger partial charge in [0.15, 0.2) is 0 Å². The molecule has 2 aromatic carbocycles. The van der Waals surface area contributed by atoms with Crippen molar-refractivity contribution in [2.75, 3.05) is 13.7 Å². The number of hydrogen-bond acceptors (Lipinski definition) is 7. The lowest BCUT2D eigenvalue weighted by Crippen LogP contribution is -2.17. The monoisotopic (exact) mass is 410 g/mol.